The first-order valence-electron chi connectivity index (χ1n) is 8.92. The standard InChI is InChI=1S/C21H23ClN2O2/c22-18-8-6-16(7-9-18)19(15-4-2-1-3-5-15)14-20(25)24-12-10-17(11-13-24)21(23)26/h1-9,17,19H,10-14H2,(H2,23,26)/t19-/m1/s1. The van der Waals surface area contributed by atoms with E-state index in [1.54, 1.807) is 0 Å². The summed E-state index contributed by atoms with van der Waals surface area (Å²) in [4.78, 5) is 26.0. The van der Waals surface area contributed by atoms with Gasteiger partial charge < -0.3 is 10.6 Å². The molecule has 2 N–H and O–H groups in total. The van der Waals surface area contributed by atoms with Gasteiger partial charge in [-0.3, -0.25) is 9.59 Å². The fraction of sp³-hybridized carbons (Fsp3) is 0.333. The first kappa shape index (κ1) is 18.5. The predicted octanol–water partition coefficient (Wildman–Crippen LogP) is 3.59. The van der Waals surface area contributed by atoms with Gasteiger partial charge in [0.1, 0.15) is 0 Å². The minimum absolute atomic E-state index is 0.0187. The van der Waals surface area contributed by atoms with Gasteiger partial charge in [0.25, 0.3) is 0 Å². The number of hydrogen-bond donors (Lipinski definition) is 1. The lowest BCUT2D eigenvalue weighted by atomic mass is 9.87. The topological polar surface area (TPSA) is 63.4 Å². The molecule has 1 aliphatic rings. The Morgan fingerprint density at radius 1 is 1.00 bits per heavy atom. The molecule has 1 fully saturated rings. The number of nitrogens with two attached hydrogens (primary N) is 1. The summed E-state index contributed by atoms with van der Waals surface area (Å²) in [5.74, 6) is -0.285. The van der Waals surface area contributed by atoms with E-state index in [-0.39, 0.29) is 23.7 Å². The second-order valence-electron chi connectivity index (χ2n) is 6.78. The van der Waals surface area contributed by atoms with Crippen molar-refractivity contribution in [1.29, 1.82) is 0 Å². The van der Waals surface area contributed by atoms with E-state index >= 15 is 0 Å². The fourth-order valence-corrected chi connectivity index (χ4v) is 3.65. The highest BCUT2D eigenvalue weighted by Gasteiger charge is 2.28. The molecule has 0 unspecified atom stereocenters. The van der Waals surface area contributed by atoms with Crippen molar-refractivity contribution >= 4 is 23.4 Å². The molecule has 2 amide bonds. The van der Waals surface area contributed by atoms with Crippen LogP contribution in [0.25, 0.3) is 0 Å². The quantitative estimate of drug-likeness (QED) is 0.874. The van der Waals surface area contributed by atoms with Gasteiger partial charge in [-0.2, -0.15) is 0 Å². The summed E-state index contributed by atoms with van der Waals surface area (Å²) in [5.41, 5.74) is 7.56. The van der Waals surface area contributed by atoms with E-state index in [0.29, 0.717) is 37.4 Å². The van der Waals surface area contributed by atoms with Crippen molar-refractivity contribution in [3.05, 3.63) is 70.7 Å². The van der Waals surface area contributed by atoms with Crippen molar-refractivity contribution in [3.63, 3.8) is 0 Å². The maximum atomic E-state index is 12.9. The molecule has 0 bridgehead atoms. The van der Waals surface area contributed by atoms with E-state index in [1.807, 2.05) is 59.5 Å². The Balaban J connectivity index is 1.75. The third-order valence-electron chi connectivity index (χ3n) is 5.10. The number of primary amides is 1. The van der Waals surface area contributed by atoms with E-state index in [0.717, 1.165) is 11.1 Å². The third kappa shape index (κ3) is 4.44. The minimum atomic E-state index is -0.263. The number of nitrogens with zero attached hydrogens (tertiary/aromatic N) is 1. The van der Waals surface area contributed by atoms with Gasteiger partial charge in [-0.25, -0.2) is 0 Å². The number of hydrogen-bond acceptors (Lipinski definition) is 2. The van der Waals surface area contributed by atoms with Crippen molar-refractivity contribution < 1.29 is 9.59 Å². The highest BCUT2D eigenvalue weighted by atomic mass is 35.5. The maximum Gasteiger partial charge on any atom is 0.223 e. The lowest BCUT2D eigenvalue weighted by molar-refractivity contribution is -0.135. The summed E-state index contributed by atoms with van der Waals surface area (Å²) < 4.78 is 0. The van der Waals surface area contributed by atoms with Crippen LogP contribution < -0.4 is 5.73 Å². The Morgan fingerprint density at radius 3 is 2.15 bits per heavy atom. The molecule has 26 heavy (non-hydrogen) atoms. The first-order chi connectivity index (χ1) is 12.5. The largest absolute Gasteiger partial charge is 0.369 e. The monoisotopic (exact) mass is 370 g/mol. The van der Waals surface area contributed by atoms with E-state index < -0.39 is 0 Å². The van der Waals surface area contributed by atoms with Gasteiger partial charge in [-0.1, -0.05) is 54.1 Å². The number of carbonyl (C=O) groups excluding carboxylic acids is 2. The predicted molar refractivity (Wildman–Crippen MR) is 103 cm³/mol. The number of piperidine rings is 1. The fourth-order valence-electron chi connectivity index (χ4n) is 3.53. The molecule has 0 aromatic heterocycles. The van der Waals surface area contributed by atoms with Crippen LogP contribution in [0.4, 0.5) is 0 Å². The molecule has 2 aromatic rings. The summed E-state index contributed by atoms with van der Waals surface area (Å²) in [5, 5.41) is 0.681. The van der Waals surface area contributed by atoms with Crippen LogP contribution in [0, 0.1) is 5.92 Å². The van der Waals surface area contributed by atoms with Gasteiger partial charge in [0.2, 0.25) is 11.8 Å². The van der Waals surface area contributed by atoms with Gasteiger partial charge in [0, 0.05) is 36.4 Å². The Kier molecular flexibility index (Phi) is 5.94. The number of rotatable bonds is 5. The summed E-state index contributed by atoms with van der Waals surface area (Å²) >= 11 is 6.02. The van der Waals surface area contributed by atoms with Gasteiger partial charge in [0.15, 0.2) is 0 Å². The molecule has 136 valence electrons. The zero-order valence-corrected chi connectivity index (χ0v) is 15.4. The van der Waals surface area contributed by atoms with E-state index in [9.17, 15) is 9.59 Å². The van der Waals surface area contributed by atoms with Crippen LogP contribution in [-0.4, -0.2) is 29.8 Å². The SMILES string of the molecule is NC(=O)C1CCN(C(=O)C[C@H](c2ccccc2)c2ccc(Cl)cc2)CC1. The third-order valence-corrected chi connectivity index (χ3v) is 5.36. The average Bonchev–Trinajstić information content (AvgIpc) is 2.67. The molecule has 1 heterocycles. The van der Waals surface area contributed by atoms with Gasteiger partial charge in [0.05, 0.1) is 0 Å². The zero-order valence-electron chi connectivity index (χ0n) is 14.6. The second kappa shape index (κ2) is 8.37. The van der Waals surface area contributed by atoms with E-state index in [1.165, 1.54) is 0 Å². The molecule has 0 saturated carbocycles. The van der Waals surface area contributed by atoms with Crippen LogP contribution in [-0.2, 0) is 9.59 Å². The lowest BCUT2D eigenvalue weighted by Crippen LogP contribution is -2.42. The molecular formula is C21H23ClN2O2. The number of likely N-dealkylation sites (tertiary alicyclic amines) is 1. The molecular weight excluding hydrogens is 348 g/mol. The van der Waals surface area contributed by atoms with Crippen molar-refractivity contribution in [1.82, 2.24) is 4.90 Å². The van der Waals surface area contributed by atoms with E-state index in [2.05, 4.69) is 0 Å². The Hall–Kier alpha value is -2.33. The summed E-state index contributed by atoms with van der Waals surface area (Å²) in [6.07, 6.45) is 1.70. The normalized spacial score (nSPS) is 16.3. The van der Waals surface area contributed by atoms with Crippen LogP contribution in [0.15, 0.2) is 54.6 Å². The zero-order chi connectivity index (χ0) is 18.5. The molecule has 2 aromatic carbocycles. The molecule has 1 atom stereocenters. The van der Waals surface area contributed by atoms with Crippen LogP contribution >= 0.6 is 11.6 Å². The number of amides is 2. The van der Waals surface area contributed by atoms with Crippen LogP contribution in [0.3, 0.4) is 0 Å². The lowest BCUT2D eigenvalue weighted by Gasteiger charge is -2.32. The first-order valence-corrected chi connectivity index (χ1v) is 9.30. The molecule has 1 saturated heterocycles. The number of carbonyl (C=O) groups is 2. The van der Waals surface area contributed by atoms with Crippen molar-refractivity contribution in [2.75, 3.05) is 13.1 Å². The van der Waals surface area contributed by atoms with Gasteiger partial charge in [-0.15, -0.1) is 0 Å². The van der Waals surface area contributed by atoms with Crippen LogP contribution in [0.2, 0.25) is 5.02 Å². The minimum Gasteiger partial charge on any atom is -0.369 e. The smallest absolute Gasteiger partial charge is 0.223 e. The van der Waals surface area contributed by atoms with Gasteiger partial charge >= 0.3 is 0 Å². The second-order valence-corrected chi connectivity index (χ2v) is 7.21. The van der Waals surface area contributed by atoms with Crippen LogP contribution in [0.5, 0.6) is 0 Å². The molecule has 5 heteroatoms. The Morgan fingerprint density at radius 2 is 1.58 bits per heavy atom. The van der Waals surface area contributed by atoms with Crippen molar-refractivity contribution in [2.24, 2.45) is 11.7 Å². The van der Waals surface area contributed by atoms with Crippen molar-refractivity contribution in [2.45, 2.75) is 25.2 Å². The highest BCUT2D eigenvalue weighted by Crippen LogP contribution is 2.30. The Labute approximate surface area is 158 Å². The maximum absolute atomic E-state index is 12.9. The highest BCUT2D eigenvalue weighted by molar-refractivity contribution is 6.30. The molecule has 0 aliphatic carbocycles. The summed E-state index contributed by atoms with van der Waals surface area (Å²) in [6, 6.07) is 17.7. The van der Waals surface area contributed by atoms with E-state index in [4.69, 9.17) is 17.3 Å². The number of benzene rings is 2. The van der Waals surface area contributed by atoms with Crippen LogP contribution in [0.1, 0.15) is 36.3 Å². The molecule has 1 aliphatic heterocycles. The molecule has 0 spiro atoms. The molecule has 3 rings (SSSR count). The Bertz CT molecular complexity index is 753. The average molecular weight is 371 g/mol. The van der Waals surface area contributed by atoms with Crippen molar-refractivity contribution in [3.8, 4) is 0 Å². The number of halogens is 1. The summed E-state index contributed by atoms with van der Waals surface area (Å²) in [6.45, 7) is 1.18. The molecule has 0 radical (unpaired) electrons. The van der Waals surface area contributed by atoms with Gasteiger partial charge in [-0.05, 0) is 36.1 Å². The molecule has 4 nitrogen and oxygen atoms in total. The summed E-state index contributed by atoms with van der Waals surface area (Å²) in [7, 11) is 0.